The molecule has 0 saturated heterocycles. The van der Waals surface area contributed by atoms with Crippen LogP contribution in [0.1, 0.15) is 58.9 Å². The molecule has 0 aliphatic carbocycles. The first-order chi connectivity index (χ1) is 20.4. The highest BCUT2D eigenvalue weighted by molar-refractivity contribution is 7.14. The van der Waals surface area contributed by atoms with Gasteiger partial charge in [0.2, 0.25) is 5.91 Å². The van der Waals surface area contributed by atoms with Crippen LogP contribution < -0.4 is 10.6 Å². The molecule has 0 spiro atoms. The second kappa shape index (κ2) is 13.5. The quantitative estimate of drug-likeness (QED) is 0.213. The van der Waals surface area contributed by atoms with Gasteiger partial charge in [-0.3, -0.25) is 14.4 Å². The predicted molar refractivity (Wildman–Crippen MR) is 166 cm³/mol. The van der Waals surface area contributed by atoms with E-state index in [-0.39, 0.29) is 17.7 Å². The van der Waals surface area contributed by atoms with E-state index in [1.807, 2.05) is 30.3 Å². The van der Waals surface area contributed by atoms with Crippen LogP contribution in [0.4, 0.5) is 4.39 Å². The molecule has 2 aromatic heterocycles. The highest BCUT2D eigenvalue weighted by atomic mass is 32.1. The SMILES string of the molecule is C[C@@H](NC(=O)[C@H](Cc1ccc(-c2ncc(/C=C/c3cccc(F)c3)cn2)cc1)NC(=O)c1ccc(C(C)(C)C)s1)C(=O)O. The number of carboxylic acids is 1. The second-order valence-corrected chi connectivity index (χ2v) is 12.2. The number of rotatable bonds is 10. The zero-order valence-corrected chi connectivity index (χ0v) is 25.1. The van der Waals surface area contributed by atoms with Crippen molar-refractivity contribution in [2.75, 3.05) is 0 Å². The van der Waals surface area contributed by atoms with Crippen molar-refractivity contribution in [1.29, 1.82) is 0 Å². The number of hydrogen-bond donors (Lipinski definition) is 3. The molecule has 0 aliphatic rings. The van der Waals surface area contributed by atoms with Crippen molar-refractivity contribution in [3.05, 3.63) is 105 Å². The summed E-state index contributed by atoms with van der Waals surface area (Å²) in [5, 5.41) is 14.5. The Morgan fingerprint density at radius 3 is 2.23 bits per heavy atom. The van der Waals surface area contributed by atoms with E-state index in [1.54, 1.807) is 42.7 Å². The number of carboxylic acid groups (broad SMARTS) is 1. The lowest BCUT2D eigenvalue weighted by atomic mass is 9.95. The predicted octanol–water partition coefficient (Wildman–Crippen LogP) is 5.74. The third-order valence-corrected chi connectivity index (χ3v) is 8.07. The number of carbonyl (C=O) groups is 3. The molecule has 3 N–H and O–H groups in total. The molecular formula is C33H33FN4O4S. The van der Waals surface area contributed by atoms with E-state index in [2.05, 4.69) is 41.4 Å². The number of halogens is 1. The number of amides is 2. The average molecular weight is 601 g/mol. The second-order valence-electron chi connectivity index (χ2n) is 11.1. The Kier molecular flexibility index (Phi) is 9.82. The third kappa shape index (κ3) is 8.65. The molecule has 4 aromatic rings. The van der Waals surface area contributed by atoms with Crippen LogP contribution in [-0.2, 0) is 21.4 Å². The molecule has 0 saturated carbocycles. The summed E-state index contributed by atoms with van der Waals surface area (Å²) in [6.45, 7) is 7.53. The molecule has 0 fully saturated rings. The van der Waals surface area contributed by atoms with Gasteiger partial charge in [-0.05, 0) is 47.7 Å². The van der Waals surface area contributed by atoms with Crippen molar-refractivity contribution in [1.82, 2.24) is 20.6 Å². The largest absolute Gasteiger partial charge is 0.480 e. The molecule has 0 radical (unpaired) electrons. The van der Waals surface area contributed by atoms with Crippen LogP contribution in [0, 0.1) is 5.82 Å². The minimum Gasteiger partial charge on any atom is -0.480 e. The van der Waals surface area contributed by atoms with Gasteiger partial charge in [0.15, 0.2) is 5.82 Å². The molecule has 2 heterocycles. The minimum absolute atomic E-state index is 0.123. The van der Waals surface area contributed by atoms with Crippen LogP contribution in [0.15, 0.2) is 73.1 Å². The zero-order valence-electron chi connectivity index (χ0n) is 24.3. The van der Waals surface area contributed by atoms with Crippen molar-refractivity contribution < 1.29 is 23.9 Å². The zero-order chi connectivity index (χ0) is 31.1. The fraction of sp³-hybridized carbons (Fsp3) is 0.242. The summed E-state index contributed by atoms with van der Waals surface area (Å²) >= 11 is 1.36. The van der Waals surface area contributed by atoms with Gasteiger partial charge in [-0.2, -0.15) is 0 Å². The number of nitrogens with one attached hydrogen (secondary N) is 2. The number of benzene rings is 2. The maximum absolute atomic E-state index is 13.4. The number of nitrogens with zero attached hydrogens (tertiary/aromatic N) is 2. The monoisotopic (exact) mass is 600 g/mol. The smallest absolute Gasteiger partial charge is 0.325 e. The van der Waals surface area contributed by atoms with E-state index >= 15 is 0 Å². The highest BCUT2D eigenvalue weighted by Crippen LogP contribution is 2.29. The molecule has 4 rings (SSSR count). The maximum Gasteiger partial charge on any atom is 0.325 e. The first kappa shape index (κ1) is 31.2. The molecular weight excluding hydrogens is 567 g/mol. The number of carbonyl (C=O) groups excluding carboxylic acids is 2. The van der Waals surface area contributed by atoms with Gasteiger partial charge in [-0.15, -0.1) is 11.3 Å². The van der Waals surface area contributed by atoms with Crippen LogP contribution in [-0.4, -0.2) is 44.9 Å². The summed E-state index contributed by atoms with van der Waals surface area (Å²) in [6, 6.07) is 15.0. The van der Waals surface area contributed by atoms with Gasteiger partial charge in [0.1, 0.15) is 17.9 Å². The molecule has 2 atom stereocenters. The Labute approximate surface area is 253 Å². The molecule has 2 amide bonds. The topological polar surface area (TPSA) is 121 Å². The number of aromatic nitrogens is 2. The van der Waals surface area contributed by atoms with Crippen molar-refractivity contribution in [3.8, 4) is 11.4 Å². The summed E-state index contributed by atoms with van der Waals surface area (Å²) < 4.78 is 13.4. The summed E-state index contributed by atoms with van der Waals surface area (Å²) in [6.07, 6.45) is 7.06. The lowest BCUT2D eigenvalue weighted by Crippen LogP contribution is -2.51. The molecule has 10 heteroatoms. The lowest BCUT2D eigenvalue weighted by molar-refractivity contribution is -0.141. The Balaban J connectivity index is 1.47. The van der Waals surface area contributed by atoms with Gasteiger partial charge in [0, 0.05) is 34.8 Å². The molecule has 8 nitrogen and oxygen atoms in total. The maximum atomic E-state index is 13.4. The molecule has 43 heavy (non-hydrogen) atoms. The Morgan fingerprint density at radius 2 is 1.63 bits per heavy atom. The number of hydrogen-bond acceptors (Lipinski definition) is 6. The first-order valence-corrected chi connectivity index (χ1v) is 14.5. The van der Waals surface area contributed by atoms with Crippen LogP contribution in [0.2, 0.25) is 0 Å². The minimum atomic E-state index is -1.17. The highest BCUT2D eigenvalue weighted by Gasteiger charge is 2.26. The molecule has 0 aliphatic heterocycles. The Morgan fingerprint density at radius 1 is 0.953 bits per heavy atom. The van der Waals surface area contributed by atoms with Crippen LogP contribution in [0.25, 0.3) is 23.5 Å². The van der Waals surface area contributed by atoms with Gasteiger partial charge < -0.3 is 15.7 Å². The van der Waals surface area contributed by atoms with Gasteiger partial charge in [0.05, 0.1) is 4.88 Å². The molecule has 0 bridgehead atoms. The van der Waals surface area contributed by atoms with Crippen LogP contribution >= 0.6 is 11.3 Å². The van der Waals surface area contributed by atoms with Crippen LogP contribution in [0.3, 0.4) is 0 Å². The van der Waals surface area contributed by atoms with E-state index in [9.17, 15) is 23.9 Å². The van der Waals surface area contributed by atoms with Gasteiger partial charge in [-0.25, -0.2) is 14.4 Å². The lowest BCUT2D eigenvalue weighted by Gasteiger charge is -2.20. The fourth-order valence-electron chi connectivity index (χ4n) is 4.08. The summed E-state index contributed by atoms with van der Waals surface area (Å²) in [5.74, 6) is -1.98. The van der Waals surface area contributed by atoms with E-state index in [0.29, 0.717) is 10.7 Å². The van der Waals surface area contributed by atoms with E-state index < -0.39 is 29.9 Å². The Hall–Kier alpha value is -4.70. The molecule has 2 aromatic carbocycles. The normalized spacial score (nSPS) is 13.0. The fourth-order valence-corrected chi connectivity index (χ4v) is 5.05. The van der Waals surface area contributed by atoms with Crippen LogP contribution in [0.5, 0.6) is 0 Å². The summed E-state index contributed by atoms with van der Waals surface area (Å²) in [5.41, 5.74) is 2.86. The third-order valence-electron chi connectivity index (χ3n) is 6.56. The van der Waals surface area contributed by atoms with Gasteiger partial charge in [0.25, 0.3) is 5.91 Å². The average Bonchev–Trinajstić information content (AvgIpc) is 3.48. The number of thiophene rings is 1. The summed E-state index contributed by atoms with van der Waals surface area (Å²) in [7, 11) is 0. The van der Waals surface area contributed by atoms with Crippen molar-refractivity contribution in [2.24, 2.45) is 0 Å². The number of aliphatic carboxylic acids is 1. The van der Waals surface area contributed by atoms with Gasteiger partial charge in [-0.1, -0.05) is 69.3 Å². The summed E-state index contributed by atoms with van der Waals surface area (Å²) in [4.78, 5) is 47.8. The molecule has 0 unspecified atom stereocenters. The van der Waals surface area contributed by atoms with Gasteiger partial charge >= 0.3 is 5.97 Å². The van der Waals surface area contributed by atoms with E-state index in [4.69, 9.17) is 0 Å². The molecule has 222 valence electrons. The van der Waals surface area contributed by atoms with Crippen molar-refractivity contribution >= 4 is 41.3 Å². The van der Waals surface area contributed by atoms with Crippen molar-refractivity contribution in [2.45, 2.75) is 51.6 Å². The van der Waals surface area contributed by atoms with E-state index in [0.717, 1.165) is 27.1 Å². The first-order valence-electron chi connectivity index (χ1n) is 13.7. The van der Waals surface area contributed by atoms with E-state index in [1.165, 1.54) is 30.4 Å². The van der Waals surface area contributed by atoms with Crippen molar-refractivity contribution in [3.63, 3.8) is 0 Å². The Bertz CT molecular complexity index is 1630. The standard InChI is InChI=1S/C33H33FN4O4S/c1-20(32(41)42)37-30(39)26(38-31(40)27-14-15-28(43-27)33(2,3)4)17-22-10-12-24(13-11-22)29-35-18-23(19-36-29)9-8-21-6-5-7-25(34)16-21/h5-16,18-20,26H,17H2,1-4H3,(H,37,39)(H,38,40)(H,41,42)/b9-8+/t20-,26+/m1/s1.